The van der Waals surface area contributed by atoms with E-state index in [-0.39, 0.29) is 39.4 Å². The molecule has 1 aromatic carbocycles. The summed E-state index contributed by atoms with van der Waals surface area (Å²) in [5.41, 5.74) is 3.72. The molecule has 0 amide bonds. The number of nitrogens with two attached hydrogens (primary N) is 1. The summed E-state index contributed by atoms with van der Waals surface area (Å²) < 4.78 is 82.9. The number of halogens is 5. The molecule has 0 aliphatic heterocycles. The first-order valence-electron chi connectivity index (χ1n) is 10.3. The molecule has 2 N–H and O–H groups in total. The van der Waals surface area contributed by atoms with Crippen molar-refractivity contribution in [3.05, 3.63) is 70.8 Å². The van der Waals surface area contributed by atoms with Gasteiger partial charge in [-0.25, -0.2) is 0 Å². The Hall–Kier alpha value is -3.79. The van der Waals surface area contributed by atoms with Gasteiger partial charge in [0.25, 0.3) is 5.56 Å². The third-order valence-electron chi connectivity index (χ3n) is 5.32. The lowest BCUT2D eigenvalue weighted by atomic mass is 10.1. The Balaban J connectivity index is 2.02. The molecule has 4 aromatic rings. The lowest BCUT2D eigenvalue weighted by Crippen LogP contribution is -2.24. The van der Waals surface area contributed by atoms with Crippen molar-refractivity contribution in [2.75, 3.05) is 19.1 Å². The minimum absolute atomic E-state index is 0.0530. The highest BCUT2D eigenvalue weighted by molar-refractivity contribution is 7.70. The van der Waals surface area contributed by atoms with E-state index in [1.54, 1.807) is 13.3 Å². The molecular weight excluding hydrogens is 506 g/mol. The van der Waals surface area contributed by atoms with Crippen LogP contribution in [-0.4, -0.2) is 34.5 Å². The lowest BCUT2D eigenvalue weighted by Gasteiger charge is -2.17. The number of ether oxygens (including phenoxy) is 1. The zero-order chi connectivity index (χ0) is 26.4. The van der Waals surface area contributed by atoms with Gasteiger partial charge in [-0.05, 0) is 55.8 Å². The highest BCUT2D eigenvalue weighted by Crippen LogP contribution is 2.36. The van der Waals surface area contributed by atoms with Crippen LogP contribution in [0.25, 0.3) is 28.0 Å². The number of anilines is 1. The quantitative estimate of drug-likeness (QED) is 0.295. The van der Waals surface area contributed by atoms with Crippen molar-refractivity contribution in [2.24, 2.45) is 0 Å². The molecule has 0 saturated carbocycles. The highest BCUT2D eigenvalue weighted by atomic mass is 31.2. The van der Waals surface area contributed by atoms with E-state index < -0.39 is 31.1 Å². The fourth-order valence-corrected chi connectivity index (χ4v) is 4.34. The number of rotatable bonds is 5. The van der Waals surface area contributed by atoms with Crippen molar-refractivity contribution >= 4 is 29.2 Å². The predicted octanol–water partition coefficient (Wildman–Crippen LogP) is 4.90. The number of hydrogen-bond donors (Lipinski definition) is 1. The van der Waals surface area contributed by atoms with Crippen molar-refractivity contribution in [3.63, 3.8) is 0 Å². The monoisotopic (exact) mass is 524 g/mol. The minimum Gasteiger partial charge on any atom is -0.435 e. The molecule has 4 rings (SSSR count). The maximum atomic E-state index is 13.6. The summed E-state index contributed by atoms with van der Waals surface area (Å²) in [7, 11) is -2.65. The van der Waals surface area contributed by atoms with Crippen LogP contribution in [0.4, 0.5) is 27.6 Å². The van der Waals surface area contributed by atoms with Gasteiger partial charge in [-0.15, -0.1) is 0 Å². The molecule has 7 nitrogen and oxygen atoms in total. The highest BCUT2D eigenvalue weighted by Gasteiger charge is 2.32. The second-order valence-corrected chi connectivity index (χ2v) is 11.4. The van der Waals surface area contributed by atoms with E-state index in [0.717, 1.165) is 22.8 Å². The van der Waals surface area contributed by atoms with Crippen LogP contribution in [-0.2, 0) is 10.7 Å². The maximum absolute atomic E-state index is 13.6. The number of alkyl halides is 5. The van der Waals surface area contributed by atoms with Crippen LogP contribution in [0.1, 0.15) is 5.56 Å². The summed E-state index contributed by atoms with van der Waals surface area (Å²) in [5, 5.41) is 0.452. The minimum atomic E-state index is -4.75. The Bertz CT molecular complexity index is 1550. The third-order valence-corrected chi connectivity index (χ3v) is 6.83. The summed E-state index contributed by atoms with van der Waals surface area (Å²) in [6.45, 7) is 0.00609. The first-order chi connectivity index (χ1) is 16.8. The van der Waals surface area contributed by atoms with Crippen LogP contribution in [0.3, 0.4) is 0 Å². The average Bonchev–Trinajstić information content (AvgIpc) is 2.79. The SMILES string of the molecule is CP(C)(=O)c1ccc(-c2c(N)c3ncc(C(F)(F)F)cc3n(-c3ccc(OC(F)F)cc3)c2=O)nc1. The molecule has 188 valence electrons. The summed E-state index contributed by atoms with van der Waals surface area (Å²) >= 11 is 0. The van der Waals surface area contributed by atoms with Gasteiger partial charge in [0.05, 0.1) is 28.0 Å². The number of benzene rings is 1. The van der Waals surface area contributed by atoms with Crippen molar-refractivity contribution in [2.45, 2.75) is 12.8 Å². The van der Waals surface area contributed by atoms with Gasteiger partial charge in [0.2, 0.25) is 0 Å². The number of pyridine rings is 3. The van der Waals surface area contributed by atoms with E-state index in [4.69, 9.17) is 5.73 Å². The van der Waals surface area contributed by atoms with Gasteiger partial charge in [0, 0.05) is 23.4 Å². The molecule has 0 aliphatic rings. The summed E-state index contributed by atoms with van der Waals surface area (Å²) in [5.74, 6) is -0.211. The maximum Gasteiger partial charge on any atom is 0.417 e. The first kappa shape index (κ1) is 25.3. The second-order valence-electron chi connectivity index (χ2n) is 8.14. The Morgan fingerprint density at radius 1 is 1.03 bits per heavy atom. The fraction of sp³-hybridized carbons (Fsp3) is 0.174. The standard InChI is InChI=1S/C23H18F5N4O3P/c1-36(2,34)15-7-8-16(30-11-15)18-19(29)20-17(9-12(10-31-20)23(26,27)28)32(21(18)33)13-3-5-14(6-4-13)35-22(24)25/h3-11,22H,29H2,1-2H3. The smallest absolute Gasteiger partial charge is 0.417 e. The number of nitrogens with zero attached hydrogens (tertiary/aromatic N) is 3. The van der Waals surface area contributed by atoms with Gasteiger partial charge in [-0.1, -0.05) is 0 Å². The first-order valence-corrected chi connectivity index (χ1v) is 12.9. The van der Waals surface area contributed by atoms with Crippen LogP contribution in [0.5, 0.6) is 5.75 Å². The molecule has 0 spiro atoms. The van der Waals surface area contributed by atoms with Crippen LogP contribution in [0.15, 0.2) is 59.7 Å². The molecule has 36 heavy (non-hydrogen) atoms. The van der Waals surface area contributed by atoms with Crippen LogP contribution >= 0.6 is 7.14 Å². The van der Waals surface area contributed by atoms with Crippen LogP contribution in [0.2, 0.25) is 0 Å². The molecule has 0 fully saturated rings. The molecule has 0 unspecified atom stereocenters. The van der Waals surface area contributed by atoms with E-state index in [2.05, 4.69) is 14.7 Å². The van der Waals surface area contributed by atoms with E-state index in [0.29, 0.717) is 11.5 Å². The van der Waals surface area contributed by atoms with Gasteiger partial charge in [-0.3, -0.25) is 19.3 Å². The van der Waals surface area contributed by atoms with Gasteiger partial charge in [0.1, 0.15) is 18.4 Å². The molecule has 0 radical (unpaired) electrons. The Kier molecular flexibility index (Phi) is 6.34. The van der Waals surface area contributed by atoms with E-state index >= 15 is 0 Å². The van der Waals surface area contributed by atoms with E-state index in [9.17, 15) is 31.3 Å². The predicted molar refractivity (Wildman–Crippen MR) is 126 cm³/mol. The molecule has 0 aliphatic carbocycles. The largest absolute Gasteiger partial charge is 0.435 e. The Labute approximate surface area is 200 Å². The molecule has 0 saturated heterocycles. The van der Waals surface area contributed by atoms with E-state index in [1.807, 2.05) is 0 Å². The Morgan fingerprint density at radius 3 is 2.22 bits per heavy atom. The van der Waals surface area contributed by atoms with Crippen molar-refractivity contribution < 1.29 is 31.3 Å². The van der Waals surface area contributed by atoms with E-state index in [1.165, 1.54) is 30.5 Å². The second kappa shape index (κ2) is 9.02. The number of fused-ring (bicyclic) bond motifs is 1. The number of aromatic nitrogens is 3. The van der Waals surface area contributed by atoms with Gasteiger partial charge < -0.3 is 15.0 Å². The van der Waals surface area contributed by atoms with Gasteiger partial charge in [0.15, 0.2) is 0 Å². The Morgan fingerprint density at radius 2 is 1.69 bits per heavy atom. The number of hydrogen-bond acceptors (Lipinski definition) is 6. The van der Waals surface area contributed by atoms with Crippen LogP contribution in [0, 0.1) is 0 Å². The topological polar surface area (TPSA) is 100 Å². The van der Waals surface area contributed by atoms with Crippen molar-refractivity contribution in [1.29, 1.82) is 0 Å². The lowest BCUT2D eigenvalue weighted by molar-refractivity contribution is -0.137. The molecule has 13 heteroatoms. The number of nitrogen functional groups attached to an aromatic ring is 1. The average molecular weight is 524 g/mol. The van der Waals surface area contributed by atoms with Crippen molar-refractivity contribution in [3.8, 4) is 22.7 Å². The molecular formula is C23H18F5N4O3P. The third kappa shape index (κ3) is 4.81. The molecule has 3 heterocycles. The van der Waals surface area contributed by atoms with Gasteiger partial charge >= 0.3 is 12.8 Å². The fourth-order valence-electron chi connectivity index (χ4n) is 3.57. The normalized spacial score (nSPS) is 12.3. The summed E-state index contributed by atoms with van der Waals surface area (Å²) in [4.78, 5) is 21.7. The summed E-state index contributed by atoms with van der Waals surface area (Å²) in [6, 6.07) is 8.44. The zero-order valence-electron chi connectivity index (χ0n) is 18.8. The molecule has 3 aromatic heterocycles. The molecule has 0 bridgehead atoms. The van der Waals surface area contributed by atoms with Crippen LogP contribution < -0.4 is 21.3 Å². The van der Waals surface area contributed by atoms with Crippen molar-refractivity contribution in [1.82, 2.24) is 14.5 Å². The van der Waals surface area contributed by atoms with Gasteiger partial charge in [-0.2, -0.15) is 22.0 Å². The zero-order valence-corrected chi connectivity index (χ0v) is 19.6. The molecule has 0 atom stereocenters. The summed E-state index contributed by atoms with van der Waals surface area (Å²) in [6.07, 6.45) is -2.83.